The summed E-state index contributed by atoms with van der Waals surface area (Å²) in [5.41, 5.74) is 3.80. The molecule has 0 saturated heterocycles. The molecule has 0 atom stereocenters. The number of hydrogen-bond acceptors (Lipinski definition) is 4. The van der Waals surface area contributed by atoms with E-state index in [-0.39, 0.29) is 12.4 Å². The molecule has 0 amide bonds. The highest BCUT2D eigenvalue weighted by atomic mass is 19.1. The third kappa shape index (κ3) is 6.25. The van der Waals surface area contributed by atoms with Gasteiger partial charge in [0.05, 0.1) is 13.7 Å². The van der Waals surface area contributed by atoms with Crippen molar-refractivity contribution in [2.45, 2.75) is 26.5 Å². The lowest BCUT2D eigenvalue weighted by Crippen LogP contribution is -2.06. The van der Waals surface area contributed by atoms with Gasteiger partial charge in [0.25, 0.3) is 0 Å². The molecule has 5 heteroatoms. The highest BCUT2D eigenvalue weighted by Gasteiger charge is 2.14. The first-order chi connectivity index (χ1) is 15.1. The number of nitrogens with one attached hydrogen (secondary N) is 1. The van der Waals surface area contributed by atoms with Crippen LogP contribution >= 0.6 is 0 Å². The Balaban J connectivity index is 1.81. The lowest BCUT2D eigenvalue weighted by Gasteiger charge is -2.18. The van der Waals surface area contributed by atoms with Gasteiger partial charge < -0.3 is 19.5 Å². The minimum Gasteiger partial charge on any atom is -0.497 e. The SMILES string of the molecule is C=CCc1cc(CNc2ccc(OC)cc2)cc(OCC)c1OCc1cccc(F)c1. The van der Waals surface area contributed by atoms with Gasteiger partial charge in [-0.1, -0.05) is 18.2 Å². The first-order valence-electron chi connectivity index (χ1n) is 10.3. The van der Waals surface area contributed by atoms with E-state index in [4.69, 9.17) is 14.2 Å². The third-order valence-electron chi connectivity index (χ3n) is 4.71. The molecule has 0 saturated carbocycles. The molecule has 0 bridgehead atoms. The molecule has 4 nitrogen and oxygen atoms in total. The van der Waals surface area contributed by atoms with Crippen LogP contribution in [0, 0.1) is 5.82 Å². The van der Waals surface area contributed by atoms with Crippen LogP contribution in [-0.2, 0) is 19.6 Å². The largest absolute Gasteiger partial charge is 0.497 e. The predicted molar refractivity (Wildman–Crippen MR) is 123 cm³/mol. The Bertz CT molecular complexity index is 1000. The van der Waals surface area contributed by atoms with Crippen LogP contribution in [0.5, 0.6) is 17.2 Å². The van der Waals surface area contributed by atoms with Crippen molar-refractivity contribution in [3.63, 3.8) is 0 Å². The number of allylic oxidation sites excluding steroid dienone is 1. The van der Waals surface area contributed by atoms with Crippen LogP contribution in [0.1, 0.15) is 23.6 Å². The van der Waals surface area contributed by atoms with Crippen molar-refractivity contribution in [3.05, 3.63) is 95.8 Å². The Labute approximate surface area is 183 Å². The number of ether oxygens (including phenoxy) is 3. The van der Waals surface area contributed by atoms with Gasteiger partial charge in [-0.05, 0) is 73.0 Å². The molecular weight excluding hydrogens is 393 g/mol. The molecule has 0 spiro atoms. The first-order valence-corrected chi connectivity index (χ1v) is 10.3. The summed E-state index contributed by atoms with van der Waals surface area (Å²) in [6.45, 7) is 7.20. The Kier molecular flexibility index (Phi) is 7.93. The van der Waals surface area contributed by atoms with E-state index in [0.717, 1.165) is 28.1 Å². The topological polar surface area (TPSA) is 39.7 Å². The number of halogens is 1. The summed E-state index contributed by atoms with van der Waals surface area (Å²) in [6, 6.07) is 18.3. The molecule has 0 radical (unpaired) electrons. The van der Waals surface area contributed by atoms with Crippen molar-refractivity contribution >= 4 is 5.69 Å². The maximum absolute atomic E-state index is 13.5. The van der Waals surface area contributed by atoms with E-state index < -0.39 is 0 Å². The van der Waals surface area contributed by atoms with Crippen LogP contribution in [0.2, 0.25) is 0 Å². The van der Waals surface area contributed by atoms with Gasteiger partial charge >= 0.3 is 0 Å². The fourth-order valence-corrected chi connectivity index (χ4v) is 3.25. The maximum Gasteiger partial charge on any atom is 0.165 e. The molecule has 0 aliphatic rings. The van der Waals surface area contributed by atoms with E-state index in [1.807, 2.05) is 49.4 Å². The Morgan fingerprint density at radius 1 is 1.00 bits per heavy atom. The van der Waals surface area contributed by atoms with Crippen LogP contribution < -0.4 is 19.5 Å². The summed E-state index contributed by atoms with van der Waals surface area (Å²) in [5.74, 6) is 1.87. The number of hydrogen-bond donors (Lipinski definition) is 1. The lowest BCUT2D eigenvalue weighted by molar-refractivity contribution is 0.266. The van der Waals surface area contributed by atoms with Gasteiger partial charge in [0.15, 0.2) is 11.5 Å². The second kappa shape index (κ2) is 11.1. The number of methoxy groups -OCH3 is 1. The van der Waals surface area contributed by atoms with Crippen LogP contribution in [-0.4, -0.2) is 13.7 Å². The zero-order valence-corrected chi connectivity index (χ0v) is 18.0. The van der Waals surface area contributed by atoms with Crippen LogP contribution in [0.4, 0.5) is 10.1 Å². The van der Waals surface area contributed by atoms with E-state index >= 15 is 0 Å². The summed E-state index contributed by atoms with van der Waals surface area (Å²) in [6.07, 6.45) is 2.47. The van der Waals surface area contributed by atoms with Crippen molar-refractivity contribution in [2.24, 2.45) is 0 Å². The second-order valence-electron chi connectivity index (χ2n) is 7.01. The van der Waals surface area contributed by atoms with Gasteiger partial charge in [-0.3, -0.25) is 0 Å². The fourth-order valence-electron chi connectivity index (χ4n) is 3.25. The average molecular weight is 422 g/mol. The molecule has 3 rings (SSSR count). The van der Waals surface area contributed by atoms with E-state index in [1.54, 1.807) is 13.2 Å². The van der Waals surface area contributed by atoms with Crippen molar-refractivity contribution < 1.29 is 18.6 Å². The lowest BCUT2D eigenvalue weighted by atomic mass is 10.0. The molecule has 162 valence electrons. The Morgan fingerprint density at radius 2 is 1.81 bits per heavy atom. The molecular formula is C26H28FNO3. The zero-order valence-electron chi connectivity index (χ0n) is 18.0. The van der Waals surface area contributed by atoms with E-state index in [2.05, 4.69) is 18.0 Å². The molecule has 1 N–H and O–H groups in total. The molecule has 3 aromatic rings. The summed E-state index contributed by atoms with van der Waals surface area (Å²) < 4.78 is 30.7. The fraction of sp³-hybridized carbons (Fsp3) is 0.231. The van der Waals surface area contributed by atoms with Crippen molar-refractivity contribution in [2.75, 3.05) is 19.0 Å². The summed E-state index contributed by atoms with van der Waals surface area (Å²) in [5, 5.41) is 3.42. The molecule has 0 fully saturated rings. The Hall–Kier alpha value is -3.47. The van der Waals surface area contributed by atoms with Gasteiger partial charge in [0.1, 0.15) is 18.2 Å². The number of rotatable bonds is 11. The van der Waals surface area contributed by atoms with Crippen molar-refractivity contribution in [3.8, 4) is 17.2 Å². The standard InChI is InChI=1S/C26H28FNO3/c1-4-7-21-14-20(17-28-23-10-12-24(29-3)13-11-23)16-25(30-5-2)26(21)31-18-19-8-6-9-22(27)15-19/h4,6,8-16,28H,1,5,7,17-18H2,2-3H3. The van der Waals surface area contributed by atoms with Crippen LogP contribution in [0.3, 0.4) is 0 Å². The number of benzene rings is 3. The predicted octanol–water partition coefficient (Wildman–Crippen LogP) is 6.15. The van der Waals surface area contributed by atoms with Crippen molar-refractivity contribution in [1.82, 2.24) is 0 Å². The molecule has 0 aliphatic heterocycles. The third-order valence-corrected chi connectivity index (χ3v) is 4.71. The summed E-state index contributed by atoms with van der Waals surface area (Å²) in [4.78, 5) is 0. The molecule has 31 heavy (non-hydrogen) atoms. The average Bonchev–Trinajstić information content (AvgIpc) is 2.78. The molecule has 0 aliphatic carbocycles. The number of anilines is 1. The quantitative estimate of drug-likeness (QED) is 0.377. The highest BCUT2D eigenvalue weighted by molar-refractivity contribution is 5.52. The molecule has 3 aromatic carbocycles. The van der Waals surface area contributed by atoms with Crippen LogP contribution in [0.15, 0.2) is 73.3 Å². The first kappa shape index (κ1) is 22.2. The van der Waals surface area contributed by atoms with Crippen molar-refractivity contribution in [1.29, 1.82) is 0 Å². The maximum atomic E-state index is 13.5. The minimum absolute atomic E-state index is 0.255. The van der Waals surface area contributed by atoms with Gasteiger partial charge in [-0.2, -0.15) is 0 Å². The second-order valence-corrected chi connectivity index (χ2v) is 7.01. The van der Waals surface area contributed by atoms with E-state index in [1.165, 1.54) is 12.1 Å². The van der Waals surface area contributed by atoms with Gasteiger partial charge in [-0.15, -0.1) is 6.58 Å². The van der Waals surface area contributed by atoms with Gasteiger partial charge in [-0.25, -0.2) is 4.39 Å². The van der Waals surface area contributed by atoms with Gasteiger partial charge in [0.2, 0.25) is 0 Å². The summed E-state index contributed by atoms with van der Waals surface area (Å²) >= 11 is 0. The van der Waals surface area contributed by atoms with E-state index in [9.17, 15) is 4.39 Å². The van der Waals surface area contributed by atoms with E-state index in [0.29, 0.717) is 31.1 Å². The molecule has 0 aromatic heterocycles. The monoisotopic (exact) mass is 421 g/mol. The van der Waals surface area contributed by atoms with Gasteiger partial charge in [0, 0.05) is 17.8 Å². The normalized spacial score (nSPS) is 10.4. The molecule has 0 heterocycles. The zero-order chi connectivity index (χ0) is 22.1. The molecule has 0 unspecified atom stereocenters. The highest BCUT2D eigenvalue weighted by Crippen LogP contribution is 2.35. The summed E-state index contributed by atoms with van der Waals surface area (Å²) in [7, 11) is 1.65. The van der Waals surface area contributed by atoms with Crippen LogP contribution in [0.25, 0.3) is 0 Å². The minimum atomic E-state index is -0.280. The Morgan fingerprint density at radius 3 is 2.48 bits per heavy atom. The smallest absolute Gasteiger partial charge is 0.165 e.